The minimum absolute atomic E-state index is 0.251. The van der Waals surface area contributed by atoms with Gasteiger partial charge in [0.25, 0.3) is 5.91 Å². The van der Waals surface area contributed by atoms with E-state index in [0.717, 1.165) is 10.0 Å². The Labute approximate surface area is 148 Å². The van der Waals surface area contributed by atoms with Crippen molar-refractivity contribution in [2.75, 3.05) is 13.7 Å². The molecule has 2 N–H and O–H groups in total. The van der Waals surface area contributed by atoms with Crippen LogP contribution in [0.3, 0.4) is 0 Å². The van der Waals surface area contributed by atoms with Gasteiger partial charge in [0.1, 0.15) is 11.5 Å². The predicted octanol–water partition coefficient (Wildman–Crippen LogP) is 3.22. The molecule has 0 atom stereocenters. The Morgan fingerprint density at radius 3 is 2.71 bits per heavy atom. The molecular weight excluding hydrogens is 374 g/mol. The standard InChI is InChI=1S/C18H16BrNO4/c1-23-14-4-2-3-12(9-14)5-7-16(21)15-10-13(19)6-8-17(15)24-11-18(20)22/h2-10H,11H2,1H3,(H2,20,22)/b7-5+. The first kappa shape index (κ1) is 17.7. The number of hydrogen-bond donors (Lipinski definition) is 1. The van der Waals surface area contributed by atoms with E-state index < -0.39 is 5.91 Å². The minimum Gasteiger partial charge on any atom is -0.497 e. The van der Waals surface area contributed by atoms with Crippen molar-refractivity contribution in [2.24, 2.45) is 5.73 Å². The lowest BCUT2D eigenvalue weighted by Crippen LogP contribution is -2.20. The molecular formula is C18H16BrNO4. The fraction of sp³-hybridized carbons (Fsp3) is 0.111. The van der Waals surface area contributed by atoms with E-state index in [1.54, 1.807) is 31.4 Å². The number of primary amides is 1. The van der Waals surface area contributed by atoms with Crippen LogP contribution in [0.25, 0.3) is 6.08 Å². The van der Waals surface area contributed by atoms with Gasteiger partial charge in [-0.2, -0.15) is 0 Å². The second-order valence-corrected chi connectivity index (χ2v) is 5.79. The van der Waals surface area contributed by atoms with Gasteiger partial charge in [-0.05, 0) is 42.0 Å². The summed E-state index contributed by atoms with van der Waals surface area (Å²) in [5.74, 6) is 0.150. The minimum atomic E-state index is -0.608. The van der Waals surface area contributed by atoms with Crippen LogP contribution in [0.5, 0.6) is 11.5 Å². The number of carbonyl (C=O) groups excluding carboxylic acids is 2. The van der Waals surface area contributed by atoms with E-state index in [1.165, 1.54) is 6.08 Å². The molecule has 0 bridgehead atoms. The Kier molecular flexibility index (Phi) is 6.14. The highest BCUT2D eigenvalue weighted by atomic mass is 79.9. The van der Waals surface area contributed by atoms with Gasteiger partial charge in [-0.1, -0.05) is 34.1 Å². The molecule has 6 heteroatoms. The molecule has 5 nitrogen and oxygen atoms in total. The van der Waals surface area contributed by atoms with Crippen LogP contribution in [0.15, 0.2) is 53.0 Å². The van der Waals surface area contributed by atoms with Crippen LogP contribution >= 0.6 is 15.9 Å². The number of rotatable bonds is 7. The van der Waals surface area contributed by atoms with Crippen molar-refractivity contribution >= 4 is 33.7 Å². The van der Waals surface area contributed by atoms with Crippen LogP contribution < -0.4 is 15.2 Å². The number of ether oxygens (including phenoxy) is 2. The van der Waals surface area contributed by atoms with Gasteiger partial charge in [0.15, 0.2) is 12.4 Å². The lowest BCUT2D eigenvalue weighted by molar-refractivity contribution is -0.119. The van der Waals surface area contributed by atoms with E-state index in [0.29, 0.717) is 17.1 Å². The molecule has 0 saturated carbocycles. The van der Waals surface area contributed by atoms with E-state index in [4.69, 9.17) is 15.2 Å². The number of halogens is 1. The molecule has 0 aliphatic heterocycles. The molecule has 0 unspecified atom stereocenters. The fourth-order valence-electron chi connectivity index (χ4n) is 1.98. The molecule has 0 radical (unpaired) electrons. The van der Waals surface area contributed by atoms with E-state index in [9.17, 15) is 9.59 Å². The molecule has 0 aliphatic rings. The largest absolute Gasteiger partial charge is 0.497 e. The van der Waals surface area contributed by atoms with Crippen LogP contribution in [-0.2, 0) is 4.79 Å². The summed E-state index contributed by atoms with van der Waals surface area (Å²) in [4.78, 5) is 23.3. The first-order valence-corrected chi connectivity index (χ1v) is 7.86. The predicted molar refractivity (Wildman–Crippen MR) is 95.2 cm³/mol. The molecule has 0 saturated heterocycles. The molecule has 0 aromatic heterocycles. The van der Waals surface area contributed by atoms with Crippen molar-refractivity contribution in [3.05, 3.63) is 64.1 Å². The third-order valence-corrected chi connectivity index (χ3v) is 3.59. The van der Waals surface area contributed by atoms with Crippen molar-refractivity contribution in [1.82, 2.24) is 0 Å². The van der Waals surface area contributed by atoms with Crippen molar-refractivity contribution in [2.45, 2.75) is 0 Å². The third-order valence-electron chi connectivity index (χ3n) is 3.10. The zero-order valence-corrected chi connectivity index (χ0v) is 14.6. The summed E-state index contributed by atoms with van der Waals surface area (Å²) in [5.41, 5.74) is 6.24. The van der Waals surface area contributed by atoms with Gasteiger partial charge in [0.2, 0.25) is 0 Å². The highest BCUT2D eigenvalue weighted by Crippen LogP contribution is 2.24. The quantitative estimate of drug-likeness (QED) is 0.582. The first-order chi connectivity index (χ1) is 11.5. The summed E-state index contributed by atoms with van der Waals surface area (Å²) in [5, 5.41) is 0. The molecule has 2 aromatic carbocycles. The van der Waals surface area contributed by atoms with Gasteiger partial charge >= 0.3 is 0 Å². The Balaban J connectivity index is 2.23. The molecule has 124 valence electrons. The third kappa shape index (κ3) is 4.96. The Hall–Kier alpha value is -2.60. The maximum Gasteiger partial charge on any atom is 0.255 e. The normalized spacial score (nSPS) is 10.6. The number of hydrogen-bond acceptors (Lipinski definition) is 4. The van der Waals surface area contributed by atoms with Gasteiger partial charge in [-0.15, -0.1) is 0 Å². The van der Waals surface area contributed by atoms with Crippen LogP contribution in [0, 0.1) is 0 Å². The van der Waals surface area contributed by atoms with Gasteiger partial charge in [-0.25, -0.2) is 0 Å². The highest BCUT2D eigenvalue weighted by Gasteiger charge is 2.12. The second-order valence-electron chi connectivity index (χ2n) is 4.87. The Morgan fingerprint density at radius 1 is 1.21 bits per heavy atom. The maximum atomic E-state index is 12.5. The number of methoxy groups -OCH3 is 1. The Morgan fingerprint density at radius 2 is 2.00 bits per heavy atom. The molecule has 0 heterocycles. The van der Waals surface area contributed by atoms with E-state index in [2.05, 4.69) is 15.9 Å². The van der Waals surface area contributed by atoms with Crippen LogP contribution in [0.2, 0.25) is 0 Å². The summed E-state index contributed by atoms with van der Waals surface area (Å²) in [7, 11) is 1.58. The average molecular weight is 390 g/mol. The number of allylic oxidation sites excluding steroid dienone is 1. The summed E-state index contributed by atoms with van der Waals surface area (Å²) in [6, 6.07) is 12.3. The van der Waals surface area contributed by atoms with Crippen molar-refractivity contribution < 1.29 is 19.1 Å². The van der Waals surface area contributed by atoms with Crippen LogP contribution in [-0.4, -0.2) is 25.4 Å². The molecule has 2 aromatic rings. The van der Waals surface area contributed by atoms with Crippen molar-refractivity contribution in [3.63, 3.8) is 0 Å². The highest BCUT2D eigenvalue weighted by molar-refractivity contribution is 9.10. The summed E-state index contributed by atoms with van der Waals surface area (Å²) >= 11 is 3.32. The fourth-order valence-corrected chi connectivity index (χ4v) is 2.34. The zero-order chi connectivity index (χ0) is 17.5. The second kappa shape index (κ2) is 8.31. The Bertz CT molecular complexity index is 786. The smallest absolute Gasteiger partial charge is 0.255 e. The molecule has 0 spiro atoms. The summed E-state index contributed by atoms with van der Waals surface area (Å²) in [6.45, 7) is -0.290. The number of carbonyl (C=O) groups is 2. The lowest BCUT2D eigenvalue weighted by atomic mass is 10.1. The topological polar surface area (TPSA) is 78.6 Å². The lowest BCUT2D eigenvalue weighted by Gasteiger charge is -2.08. The zero-order valence-electron chi connectivity index (χ0n) is 13.0. The van der Waals surface area contributed by atoms with Gasteiger partial charge in [0, 0.05) is 4.47 Å². The van der Waals surface area contributed by atoms with Gasteiger partial charge < -0.3 is 15.2 Å². The molecule has 24 heavy (non-hydrogen) atoms. The van der Waals surface area contributed by atoms with Crippen LogP contribution in [0.1, 0.15) is 15.9 Å². The van der Waals surface area contributed by atoms with E-state index >= 15 is 0 Å². The maximum absolute atomic E-state index is 12.5. The molecule has 1 amide bonds. The van der Waals surface area contributed by atoms with Crippen molar-refractivity contribution in [3.8, 4) is 11.5 Å². The molecule has 0 fully saturated rings. The number of benzene rings is 2. The van der Waals surface area contributed by atoms with E-state index in [-0.39, 0.29) is 12.4 Å². The SMILES string of the molecule is COc1cccc(/C=C/C(=O)c2cc(Br)ccc2OCC(N)=O)c1. The average Bonchev–Trinajstić information content (AvgIpc) is 2.58. The van der Waals surface area contributed by atoms with Gasteiger partial charge in [-0.3, -0.25) is 9.59 Å². The molecule has 0 aliphatic carbocycles. The first-order valence-electron chi connectivity index (χ1n) is 7.06. The summed E-state index contributed by atoms with van der Waals surface area (Å²) in [6.07, 6.45) is 3.12. The van der Waals surface area contributed by atoms with Crippen LogP contribution in [0.4, 0.5) is 0 Å². The van der Waals surface area contributed by atoms with Crippen molar-refractivity contribution in [1.29, 1.82) is 0 Å². The molecule has 2 rings (SSSR count). The monoisotopic (exact) mass is 389 g/mol. The van der Waals surface area contributed by atoms with Gasteiger partial charge in [0.05, 0.1) is 12.7 Å². The number of ketones is 1. The van der Waals surface area contributed by atoms with E-state index in [1.807, 2.05) is 24.3 Å². The number of amides is 1. The summed E-state index contributed by atoms with van der Waals surface area (Å²) < 4.78 is 11.2. The number of nitrogens with two attached hydrogens (primary N) is 1.